The van der Waals surface area contributed by atoms with Crippen molar-refractivity contribution in [3.63, 3.8) is 0 Å². The Balaban J connectivity index is 1.84. The van der Waals surface area contributed by atoms with Crippen molar-refractivity contribution in [2.45, 2.75) is 25.4 Å². The van der Waals surface area contributed by atoms with E-state index in [9.17, 15) is 4.79 Å². The van der Waals surface area contributed by atoms with Crippen LogP contribution in [0.25, 0.3) is 0 Å². The van der Waals surface area contributed by atoms with Gasteiger partial charge in [-0.25, -0.2) is 0 Å². The normalized spacial score (nSPS) is 20.6. The van der Waals surface area contributed by atoms with Crippen molar-refractivity contribution in [3.05, 3.63) is 17.7 Å². The van der Waals surface area contributed by atoms with E-state index < -0.39 is 5.97 Å². The Morgan fingerprint density at radius 1 is 1.29 bits per heavy atom. The molecule has 0 aromatic heterocycles. The van der Waals surface area contributed by atoms with Crippen molar-refractivity contribution in [2.24, 2.45) is 0 Å². The Morgan fingerprint density at radius 2 is 2.06 bits per heavy atom. The average Bonchev–Trinajstić information content (AvgIpc) is 2.72. The van der Waals surface area contributed by atoms with Gasteiger partial charge in [0.1, 0.15) is 11.9 Å². The Hall–Kier alpha value is -1.91. The Morgan fingerprint density at radius 3 is 2.82 bits per heavy atom. The van der Waals surface area contributed by atoms with Gasteiger partial charge in [-0.1, -0.05) is 0 Å². The van der Waals surface area contributed by atoms with Gasteiger partial charge >= 0.3 is 5.97 Å². The minimum atomic E-state index is -0.834. The molecule has 0 saturated heterocycles. The van der Waals surface area contributed by atoms with E-state index in [0.29, 0.717) is 11.5 Å². The number of benzene rings is 1. The summed E-state index contributed by atoms with van der Waals surface area (Å²) in [4.78, 5) is 10.6. The van der Waals surface area contributed by atoms with Crippen LogP contribution < -0.4 is 14.2 Å². The molecule has 0 fully saturated rings. The zero-order chi connectivity index (χ0) is 11.8. The van der Waals surface area contributed by atoms with E-state index in [2.05, 4.69) is 0 Å². The summed E-state index contributed by atoms with van der Waals surface area (Å²) >= 11 is 0. The van der Waals surface area contributed by atoms with Gasteiger partial charge in [0, 0.05) is 6.07 Å². The van der Waals surface area contributed by atoms with Crippen molar-refractivity contribution >= 4 is 5.97 Å². The van der Waals surface area contributed by atoms with Crippen LogP contribution >= 0.6 is 0 Å². The fourth-order valence-electron chi connectivity index (χ4n) is 2.16. The van der Waals surface area contributed by atoms with Crippen molar-refractivity contribution in [1.82, 2.24) is 0 Å². The van der Waals surface area contributed by atoms with E-state index in [1.54, 1.807) is 6.07 Å². The molecule has 1 atom stereocenters. The highest BCUT2D eigenvalue weighted by Gasteiger charge is 2.25. The van der Waals surface area contributed by atoms with E-state index in [-0.39, 0.29) is 19.3 Å². The van der Waals surface area contributed by atoms with E-state index in [1.165, 1.54) is 0 Å². The van der Waals surface area contributed by atoms with Crippen molar-refractivity contribution in [1.29, 1.82) is 0 Å². The topological polar surface area (TPSA) is 65.0 Å². The maximum atomic E-state index is 10.6. The Bertz CT molecular complexity index is 468. The first kappa shape index (κ1) is 10.3. The van der Waals surface area contributed by atoms with E-state index in [1.807, 2.05) is 6.07 Å². The van der Waals surface area contributed by atoms with Gasteiger partial charge in [0.2, 0.25) is 6.79 Å². The van der Waals surface area contributed by atoms with Crippen LogP contribution in [0.1, 0.15) is 18.4 Å². The van der Waals surface area contributed by atoms with Crippen LogP contribution in [0.2, 0.25) is 0 Å². The van der Waals surface area contributed by atoms with Gasteiger partial charge < -0.3 is 19.3 Å². The Kier molecular flexibility index (Phi) is 2.31. The number of rotatable bonds is 2. The SMILES string of the molecule is O=C(O)CC1CCc2cc3c(cc2O1)OCO3. The molecule has 90 valence electrons. The predicted molar refractivity (Wildman–Crippen MR) is 57.6 cm³/mol. The molecular formula is C12H12O5. The summed E-state index contributed by atoms with van der Waals surface area (Å²) in [5.74, 6) is 1.29. The smallest absolute Gasteiger partial charge is 0.307 e. The second-order valence-electron chi connectivity index (χ2n) is 4.19. The average molecular weight is 236 g/mol. The highest BCUT2D eigenvalue weighted by atomic mass is 16.7. The number of fused-ring (bicyclic) bond motifs is 2. The molecule has 2 aliphatic rings. The molecule has 0 aliphatic carbocycles. The van der Waals surface area contributed by atoms with Gasteiger partial charge in [-0.2, -0.15) is 0 Å². The lowest BCUT2D eigenvalue weighted by Crippen LogP contribution is -2.25. The van der Waals surface area contributed by atoms with E-state index in [0.717, 1.165) is 24.2 Å². The van der Waals surface area contributed by atoms with Crippen molar-refractivity contribution in [3.8, 4) is 17.2 Å². The zero-order valence-corrected chi connectivity index (χ0v) is 9.14. The van der Waals surface area contributed by atoms with Crippen molar-refractivity contribution in [2.75, 3.05) is 6.79 Å². The first-order valence-corrected chi connectivity index (χ1v) is 5.53. The highest BCUT2D eigenvalue weighted by molar-refractivity contribution is 5.67. The van der Waals surface area contributed by atoms with Crippen LogP contribution in [-0.2, 0) is 11.2 Å². The van der Waals surface area contributed by atoms with Crippen molar-refractivity contribution < 1.29 is 24.1 Å². The first-order valence-electron chi connectivity index (χ1n) is 5.53. The summed E-state index contributed by atoms with van der Waals surface area (Å²) in [7, 11) is 0. The number of aryl methyl sites for hydroxylation is 1. The first-order chi connectivity index (χ1) is 8.22. The van der Waals surface area contributed by atoms with E-state index >= 15 is 0 Å². The molecule has 3 rings (SSSR count). The maximum Gasteiger partial charge on any atom is 0.307 e. The molecule has 0 saturated carbocycles. The molecule has 0 spiro atoms. The second kappa shape index (κ2) is 3.84. The summed E-state index contributed by atoms with van der Waals surface area (Å²) in [5, 5.41) is 8.74. The molecule has 0 amide bonds. The standard InChI is InChI=1S/C12H12O5/c13-12(14)4-8-2-1-7-3-10-11(16-6-15-10)5-9(7)17-8/h3,5,8H,1-2,4,6H2,(H,13,14). The van der Waals surface area contributed by atoms with Gasteiger partial charge in [0.15, 0.2) is 11.5 Å². The summed E-state index contributed by atoms with van der Waals surface area (Å²) in [5.41, 5.74) is 1.05. The third kappa shape index (κ3) is 1.88. The quantitative estimate of drug-likeness (QED) is 0.844. The number of hydrogen-bond acceptors (Lipinski definition) is 4. The van der Waals surface area contributed by atoms with Crippen LogP contribution in [0.5, 0.6) is 17.2 Å². The molecule has 2 heterocycles. The number of carboxylic acids is 1. The minimum absolute atomic E-state index is 0.0356. The molecule has 0 bridgehead atoms. The fourth-order valence-corrected chi connectivity index (χ4v) is 2.16. The monoisotopic (exact) mass is 236 g/mol. The van der Waals surface area contributed by atoms with Crippen LogP contribution in [0, 0.1) is 0 Å². The third-order valence-electron chi connectivity index (χ3n) is 2.99. The Labute approximate surface area is 97.9 Å². The number of aliphatic carboxylic acids is 1. The van der Waals surface area contributed by atoms with Crippen LogP contribution in [0.15, 0.2) is 12.1 Å². The van der Waals surface area contributed by atoms with Crippen LogP contribution in [0.4, 0.5) is 0 Å². The summed E-state index contributed by atoms with van der Waals surface area (Å²) in [6.07, 6.45) is 1.32. The number of carboxylic acid groups (broad SMARTS) is 1. The molecule has 5 nitrogen and oxygen atoms in total. The summed E-state index contributed by atoms with van der Waals surface area (Å²) in [6, 6.07) is 3.69. The summed E-state index contributed by atoms with van der Waals surface area (Å²) < 4.78 is 16.2. The molecule has 1 unspecified atom stereocenters. The number of ether oxygens (including phenoxy) is 3. The van der Waals surface area contributed by atoms with Gasteiger partial charge in [0.05, 0.1) is 6.42 Å². The van der Waals surface area contributed by atoms with Crippen LogP contribution in [-0.4, -0.2) is 24.0 Å². The van der Waals surface area contributed by atoms with E-state index in [4.69, 9.17) is 19.3 Å². The van der Waals surface area contributed by atoms with Gasteiger partial charge in [-0.3, -0.25) is 4.79 Å². The van der Waals surface area contributed by atoms with Gasteiger partial charge in [-0.15, -0.1) is 0 Å². The van der Waals surface area contributed by atoms with Gasteiger partial charge in [-0.05, 0) is 24.5 Å². The second-order valence-corrected chi connectivity index (χ2v) is 4.19. The zero-order valence-electron chi connectivity index (χ0n) is 9.14. The third-order valence-corrected chi connectivity index (χ3v) is 2.99. The molecule has 1 aromatic carbocycles. The lowest BCUT2D eigenvalue weighted by atomic mass is 10.00. The molecule has 1 aromatic rings. The molecule has 0 radical (unpaired) electrons. The minimum Gasteiger partial charge on any atom is -0.489 e. The lowest BCUT2D eigenvalue weighted by Gasteiger charge is -2.25. The number of carbonyl (C=O) groups is 1. The van der Waals surface area contributed by atoms with Gasteiger partial charge in [0.25, 0.3) is 0 Å². The molecule has 17 heavy (non-hydrogen) atoms. The predicted octanol–water partition coefficient (Wildman–Crippen LogP) is 1.58. The fraction of sp³-hybridized carbons (Fsp3) is 0.417. The molecular weight excluding hydrogens is 224 g/mol. The molecule has 5 heteroatoms. The van der Waals surface area contributed by atoms with Crippen LogP contribution in [0.3, 0.4) is 0 Å². The highest BCUT2D eigenvalue weighted by Crippen LogP contribution is 2.41. The molecule has 2 aliphatic heterocycles. The summed E-state index contributed by atoms with van der Waals surface area (Å²) in [6.45, 7) is 0.233. The maximum absolute atomic E-state index is 10.6. The molecule has 1 N–H and O–H groups in total. The largest absolute Gasteiger partial charge is 0.489 e. The number of hydrogen-bond donors (Lipinski definition) is 1. The lowest BCUT2D eigenvalue weighted by molar-refractivity contribution is -0.139.